The Balaban J connectivity index is 1.39. The number of carbonyl (C=O) groups is 2. The minimum atomic E-state index is -0.434. The highest BCUT2D eigenvalue weighted by Crippen LogP contribution is 2.44. The largest absolute Gasteiger partial charge is 0.454 e. The van der Waals surface area contributed by atoms with E-state index in [1.54, 1.807) is 43.7 Å². The molecule has 39 heavy (non-hydrogen) atoms. The van der Waals surface area contributed by atoms with Gasteiger partial charge in [-0.25, -0.2) is 4.39 Å². The van der Waals surface area contributed by atoms with E-state index < -0.39 is 5.54 Å². The molecule has 6 rings (SSSR count). The Labute approximate surface area is 224 Å². The van der Waals surface area contributed by atoms with Gasteiger partial charge in [0.15, 0.2) is 5.58 Å². The number of amides is 2. The predicted molar refractivity (Wildman–Crippen MR) is 146 cm³/mol. The molecule has 8 heteroatoms. The SMILES string of the molecule is CNC(=O)c1c(-c2ccc(F)cc2)oc2cnc(-c3cc(C(=O)NC4(c5ccccn5)CC4)ccc3C)cc12. The molecule has 1 aliphatic carbocycles. The molecule has 0 bridgehead atoms. The standard InChI is InChI=1S/C31H25FN4O3/c1-18-6-7-20(29(37)36-31(12-13-31)26-5-3-4-14-34-26)15-22(18)24-16-23-25(17-35-24)39-28(27(23)30(38)33-2)19-8-10-21(32)11-9-19/h3-11,14-17H,12-13H2,1-2H3,(H,33,38)(H,36,37). The van der Waals surface area contributed by atoms with Crippen molar-refractivity contribution in [1.82, 2.24) is 20.6 Å². The fourth-order valence-electron chi connectivity index (χ4n) is 4.85. The summed E-state index contributed by atoms with van der Waals surface area (Å²) in [7, 11) is 1.54. The molecule has 1 aliphatic rings. The molecule has 194 valence electrons. The molecule has 0 aliphatic heterocycles. The first-order chi connectivity index (χ1) is 18.9. The summed E-state index contributed by atoms with van der Waals surface area (Å²) in [6.45, 7) is 1.94. The number of aryl methyl sites for hydroxylation is 1. The van der Waals surface area contributed by atoms with Crippen molar-refractivity contribution < 1.29 is 18.4 Å². The van der Waals surface area contributed by atoms with Gasteiger partial charge in [0.25, 0.3) is 11.8 Å². The quantitative estimate of drug-likeness (QED) is 0.296. The van der Waals surface area contributed by atoms with E-state index in [0.29, 0.717) is 39.1 Å². The van der Waals surface area contributed by atoms with Gasteiger partial charge in [0.2, 0.25) is 0 Å². The molecule has 1 saturated carbocycles. The van der Waals surface area contributed by atoms with Gasteiger partial charge in [0.1, 0.15) is 11.6 Å². The Kier molecular flexibility index (Phi) is 5.95. The average molecular weight is 521 g/mol. The fourth-order valence-corrected chi connectivity index (χ4v) is 4.85. The second kappa shape index (κ2) is 9.47. The minimum Gasteiger partial charge on any atom is -0.454 e. The number of furan rings is 1. The van der Waals surface area contributed by atoms with Gasteiger partial charge in [0.05, 0.1) is 28.7 Å². The van der Waals surface area contributed by atoms with E-state index in [4.69, 9.17) is 4.42 Å². The van der Waals surface area contributed by atoms with E-state index in [0.717, 1.165) is 29.7 Å². The number of carbonyl (C=O) groups excluding carboxylic acids is 2. The first-order valence-electron chi connectivity index (χ1n) is 12.6. The van der Waals surface area contributed by atoms with Crippen LogP contribution in [-0.4, -0.2) is 28.8 Å². The van der Waals surface area contributed by atoms with Crippen LogP contribution in [0.4, 0.5) is 4.39 Å². The zero-order valence-corrected chi connectivity index (χ0v) is 21.4. The molecular weight excluding hydrogens is 495 g/mol. The van der Waals surface area contributed by atoms with Gasteiger partial charge in [-0.3, -0.25) is 19.6 Å². The van der Waals surface area contributed by atoms with Gasteiger partial charge >= 0.3 is 0 Å². The molecule has 0 saturated heterocycles. The summed E-state index contributed by atoms with van der Waals surface area (Å²) < 4.78 is 19.5. The van der Waals surface area contributed by atoms with Crippen molar-refractivity contribution in [1.29, 1.82) is 0 Å². The maximum Gasteiger partial charge on any atom is 0.255 e. The van der Waals surface area contributed by atoms with Crippen LogP contribution in [0.2, 0.25) is 0 Å². The molecule has 2 N–H and O–H groups in total. The number of hydrogen-bond donors (Lipinski definition) is 2. The molecule has 7 nitrogen and oxygen atoms in total. The maximum atomic E-state index is 13.5. The molecule has 0 radical (unpaired) electrons. The second-order valence-corrected chi connectivity index (χ2v) is 9.74. The lowest BCUT2D eigenvalue weighted by Crippen LogP contribution is -2.35. The lowest BCUT2D eigenvalue weighted by atomic mass is 9.99. The van der Waals surface area contributed by atoms with E-state index in [2.05, 4.69) is 20.6 Å². The number of nitrogens with one attached hydrogen (secondary N) is 2. The first kappa shape index (κ1) is 24.5. The van der Waals surface area contributed by atoms with E-state index in [9.17, 15) is 14.0 Å². The summed E-state index contributed by atoms with van der Waals surface area (Å²) in [5.74, 6) is -0.572. The highest BCUT2D eigenvalue weighted by Gasteiger charge is 2.47. The normalized spacial score (nSPS) is 13.7. The predicted octanol–water partition coefficient (Wildman–Crippen LogP) is 5.78. The van der Waals surface area contributed by atoms with Crippen molar-refractivity contribution in [2.45, 2.75) is 25.3 Å². The third kappa shape index (κ3) is 4.44. The molecule has 0 spiro atoms. The van der Waals surface area contributed by atoms with E-state index in [1.807, 2.05) is 37.3 Å². The lowest BCUT2D eigenvalue weighted by molar-refractivity contribution is 0.0928. The van der Waals surface area contributed by atoms with Gasteiger partial charge in [-0.1, -0.05) is 12.1 Å². The first-order valence-corrected chi connectivity index (χ1v) is 12.6. The summed E-state index contributed by atoms with van der Waals surface area (Å²) in [4.78, 5) is 35.3. The van der Waals surface area contributed by atoms with Crippen molar-refractivity contribution in [3.63, 3.8) is 0 Å². The zero-order valence-electron chi connectivity index (χ0n) is 21.4. The third-order valence-electron chi connectivity index (χ3n) is 7.17. The number of halogens is 1. The molecule has 3 heterocycles. The monoisotopic (exact) mass is 520 g/mol. The van der Waals surface area contributed by atoms with Crippen LogP contribution in [0.1, 0.15) is 44.8 Å². The highest BCUT2D eigenvalue weighted by molar-refractivity contribution is 6.11. The Hall–Kier alpha value is -4.85. The van der Waals surface area contributed by atoms with E-state index >= 15 is 0 Å². The summed E-state index contributed by atoms with van der Waals surface area (Å²) in [6.07, 6.45) is 4.98. The highest BCUT2D eigenvalue weighted by atomic mass is 19.1. The van der Waals surface area contributed by atoms with Crippen LogP contribution in [0.25, 0.3) is 33.6 Å². The summed E-state index contributed by atoms with van der Waals surface area (Å²) >= 11 is 0. The summed E-state index contributed by atoms with van der Waals surface area (Å²) in [5, 5.41) is 6.40. The van der Waals surface area contributed by atoms with Crippen molar-refractivity contribution in [3.05, 3.63) is 107 Å². The van der Waals surface area contributed by atoms with Crippen LogP contribution in [0.3, 0.4) is 0 Å². The minimum absolute atomic E-state index is 0.187. The molecule has 2 aromatic carbocycles. The molecule has 1 fully saturated rings. The van der Waals surface area contributed by atoms with Crippen molar-refractivity contribution in [3.8, 4) is 22.6 Å². The Bertz CT molecular complexity index is 1720. The van der Waals surface area contributed by atoms with E-state index in [-0.39, 0.29) is 17.6 Å². The molecular formula is C31H25FN4O3. The molecule has 5 aromatic rings. The Morgan fingerprint density at radius 2 is 1.77 bits per heavy atom. The van der Waals surface area contributed by atoms with Crippen molar-refractivity contribution >= 4 is 22.8 Å². The number of pyridine rings is 2. The zero-order chi connectivity index (χ0) is 27.1. The van der Waals surface area contributed by atoms with Crippen LogP contribution in [0.15, 0.2) is 83.5 Å². The van der Waals surface area contributed by atoms with Gasteiger partial charge in [-0.15, -0.1) is 0 Å². The number of hydrogen-bond acceptors (Lipinski definition) is 5. The Morgan fingerprint density at radius 1 is 0.974 bits per heavy atom. The topological polar surface area (TPSA) is 97.1 Å². The van der Waals surface area contributed by atoms with Gasteiger partial charge < -0.3 is 15.1 Å². The van der Waals surface area contributed by atoms with Crippen molar-refractivity contribution in [2.24, 2.45) is 0 Å². The van der Waals surface area contributed by atoms with Gasteiger partial charge in [0, 0.05) is 35.3 Å². The van der Waals surface area contributed by atoms with Crippen LogP contribution in [0.5, 0.6) is 0 Å². The summed E-state index contributed by atoms with van der Waals surface area (Å²) in [5.41, 5.74) is 4.54. The fraction of sp³-hybridized carbons (Fsp3) is 0.161. The summed E-state index contributed by atoms with van der Waals surface area (Å²) in [6, 6.07) is 18.8. The smallest absolute Gasteiger partial charge is 0.255 e. The number of fused-ring (bicyclic) bond motifs is 1. The van der Waals surface area contributed by atoms with Crippen LogP contribution < -0.4 is 10.6 Å². The molecule has 3 aromatic heterocycles. The van der Waals surface area contributed by atoms with Gasteiger partial charge in [-0.05, 0) is 79.9 Å². The molecule has 2 amide bonds. The van der Waals surface area contributed by atoms with Crippen LogP contribution in [0, 0.1) is 12.7 Å². The number of rotatable bonds is 6. The number of benzene rings is 2. The average Bonchev–Trinajstić information content (AvgIpc) is 3.65. The lowest BCUT2D eigenvalue weighted by Gasteiger charge is -2.17. The van der Waals surface area contributed by atoms with Gasteiger partial charge in [-0.2, -0.15) is 0 Å². The molecule has 0 unspecified atom stereocenters. The van der Waals surface area contributed by atoms with Crippen LogP contribution in [-0.2, 0) is 5.54 Å². The van der Waals surface area contributed by atoms with Crippen molar-refractivity contribution in [2.75, 3.05) is 7.05 Å². The Morgan fingerprint density at radius 3 is 2.46 bits per heavy atom. The second-order valence-electron chi connectivity index (χ2n) is 9.74. The maximum absolute atomic E-state index is 13.5. The molecule has 0 atom stereocenters. The number of aromatic nitrogens is 2. The third-order valence-corrected chi connectivity index (χ3v) is 7.17. The number of nitrogens with zero attached hydrogens (tertiary/aromatic N) is 2. The van der Waals surface area contributed by atoms with E-state index in [1.165, 1.54) is 12.1 Å². The van der Waals surface area contributed by atoms with Crippen LogP contribution >= 0.6 is 0 Å².